The van der Waals surface area contributed by atoms with Gasteiger partial charge in [-0.05, 0) is 13.3 Å². The van der Waals surface area contributed by atoms with Crippen LogP contribution in [0.3, 0.4) is 0 Å². The van der Waals surface area contributed by atoms with E-state index in [1.165, 1.54) is 23.2 Å². The molecule has 0 radical (unpaired) electrons. The number of nitrogens with zero attached hydrogens (tertiary/aromatic N) is 5. The Kier molecular flexibility index (Phi) is 3.32. The third-order valence-electron chi connectivity index (χ3n) is 2.81. The van der Waals surface area contributed by atoms with E-state index in [4.69, 9.17) is 0 Å². The molecule has 0 amide bonds. The van der Waals surface area contributed by atoms with E-state index >= 15 is 0 Å². The molecule has 102 valence electrons. The Morgan fingerprint density at radius 3 is 2.58 bits per heavy atom. The van der Waals surface area contributed by atoms with Crippen molar-refractivity contribution in [2.45, 2.75) is 33.4 Å². The summed E-state index contributed by atoms with van der Waals surface area (Å²) in [6, 6.07) is 0. The molecule has 0 aromatic carbocycles. The highest BCUT2D eigenvalue weighted by atomic mass is 16.2. The van der Waals surface area contributed by atoms with Crippen molar-refractivity contribution in [3.8, 4) is 0 Å². The van der Waals surface area contributed by atoms with E-state index in [2.05, 4.69) is 10.3 Å². The third-order valence-corrected chi connectivity index (χ3v) is 2.81. The van der Waals surface area contributed by atoms with Crippen molar-refractivity contribution >= 4 is 16.9 Å². The molecular weight excluding hydrogens is 250 g/mol. The molecule has 8 nitrogen and oxygen atoms in total. The van der Waals surface area contributed by atoms with Crippen LogP contribution in [0.5, 0.6) is 0 Å². The molecule has 0 N–H and O–H groups in total. The van der Waals surface area contributed by atoms with Crippen molar-refractivity contribution in [1.82, 2.24) is 24.1 Å². The van der Waals surface area contributed by atoms with Crippen LogP contribution in [-0.2, 0) is 24.9 Å². The van der Waals surface area contributed by atoms with E-state index < -0.39 is 11.2 Å². The summed E-state index contributed by atoms with van der Waals surface area (Å²) in [6.07, 6.45) is 0.780. The molecule has 19 heavy (non-hydrogen) atoms. The number of Topliss-reactive ketones (excluding diaryl/α,β-unsaturated/α-hetero) is 1. The highest BCUT2D eigenvalue weighted by Gasteiger charge is 2.17. The monoisotopic (exact) mass is 265 g/mol. The molecule has 2 heterocycles. The Bertz CT molecular complexity index is 752. The highest BCUT2D eigenvalue weighted by molar-refractivity contribution is 5.77. The van der Waals surface area contributed by atoms with Crippen LogP contribution < -0.4 is 11.2 Å². The van der Waals surface area contributed by atoms with Crippen molar-refractivity contribution < 1.29 is 4.79 Å². The topological polar surface area (TPSA) is 91.8 Å². The van der Waals surface area contributed by atoms with Crippen LogP contribution >= 0.6 is 0 Å². The lowest BCUT2D eigenvalue weighted by atomic mass is 10.4. The van der Waals surface area contributed by atoms with Crippen molar-refractivity contribution in [1.29, 1.82) is 0 Å². The van der Waals surface area contributed by atoms with E-state index in [9.17, 15) is 14.4 Å². The smallest absolute Gasteiger partial charge is 0.298 e. The minimum Gasteiger partial charge on any atom is -0.298 e. The normalized spacial score (nSPS) is 11.1. The summed E-state index contributed by atoms with van der Waals surface area (Å²) in [6.45, 7) is 3.76. The first-order valence-electron chi connectivity index (χ1n) is 5.99. The van der Waals surface area contributed by atoms with Gasteiger partial charge in [0.05, 0.1) is 6.54 Å². The molecule has 0 aliphatic rings. The number of aromatic nitrogens is 5. The summed E-state index contributed by atoms with van der Waals surface area (Å²) in [5.41, 5.74) is -0.614. The van der Waals surface area contributed by atoms with Crippen molar-refractivity contribution in [3.63, 3.8) is 0 Å². The molecule has 2 aromatic heterocycles. The molecule has 2 rings (SSSR count). The van der Waals surface area contributed by atoms with E-state index in [1.54, 1.807) is 0 Å². The fraction of sp³-hybridized carbons (Fsp3) is 0.545. The number of rotatable bonds is 4. The van der Waals surface area contributed by atoms with Crippen LogP contribution in [0.25, 0.3) is 11.2 Å². The van der Waals surface area contributed by atoms with Gasteiger partial charge in [-0.1, -0.05) is 12.1 Å². The maximum atomic E-state index is 12.1. The molecule has 0 bridgehead atoms. The van der Waals surface area contributed by atoms with Crippen LogP contribution in [0.15, 0.2) is 9.59 Å². The first kappa shape index (κ1) is 13.2. The molecule has 0 spiro atoms. The van der Waals surface area contributed by atoms with Crippen LogP contribution in [-0.4, -0.2) is 29.9 Å². The van der Waals surface area contributed by atoms with Gasteiger partial charge in [0, 0.05) is 13.6 Å². The van der Waals surface area contributed by atoms with E-state index in [-0.39, 0.29) is 17.8 Å². The molecule has 0 saturated heterocycles. The largest absolute Gasteiger partial charge is 0.332 e. The van der Waals surface area contributed by atoms with Gasteiger partial charge in [0.2, 0.25) is 0 Å². The van der Waals surface area contributed by atoms with Crippen LogP contribution in [0.1, 0.15) is 20.3 Å². The minimum absolute atomic E-state index is 0.0967. The number of carbonyl (C=O) groups excluding carboxylic acids is 1. The summed E-state index contributed by atoms with van der Waals surface area (Å²) < 4.78 is 3.67. The number of fused-ring (bicyclic) bond motifs is 1. The molecule has 0 fully saturated rings. The van der Waals surface area contributed by atoms with Gasteiger partial charge in [-0.25, -0.2) is 9.48 Å². The van der Waals surface area contributed by atoms with Gasteiger partial charge in [-0.15, -0.1) is 5.10 Å². The summed E-state index contributed by atoms with van der Waals surface area (Å²) in [7, 11) is 1.36. The summed E-state index contributed by atoms with van der Waals surface area (Å²) in [5, 5.41) is 7.69. The first-order valence-corrected chi connectivity index (χ1v) is 5.99. The van der Waals surface area contributed by atoms with E-state index in [0.717, 1.165) is 11.0 Å². The molecule has 0 atom stereocenters. The standard InChI is InChI=1S/C11H15N5O3/c1-4-5-16-9-8(12-13-16)10(18)14(3)11(19)15(9)6-7(2)17/h4-6H2,1-3H3. The summed E-state index contributed by atoms with van der Waals surface area (Å²) in [5.74, 6) is -0.175. The number of hydrogen-bond acceptors (Lipinski definition) is 5. The Morgan fingerprint density at radius 1 is 1.32 bits per heavy atom. The van der Waals surface area contributed by atoms with Gasteiger partial charge < -0.3 is 0 Å². The fourth-order valence-electron chi connectivity index (χ4n) is 1.96. The second-order valence-corrected chi connectivity index (χ2v) is 4.42. The average molecular weight is 265 g/mol. The molecule has 0 saturated carbocycles. The molecule has 0 aliphatic carbocycles. The Balaban J connectivity index is 2.89. The lowest BCUT2D eigenvalue weighted by Gasteiger charge is -2.09. The van der Waals surface area contributed by atoms with Gasteiger partial charge >= 0.3 is 5.69 Å². The highest BCUT2D eigenvalue weighted by Crippen LogP contribution is 2.05. The van der Waals surface area contributed by atoms with Crippen LogP contribution in [0.4, 0.5) is 0 Å². The molecule has 0 unspecified atom stereocenters. The quantitative estimate of drug-likeness (QED) is 0.728. The minimum atomic E-state index is -0.535. The van der Waals surface area contributed by atoms with Crippen LogP contribution in [0.2, 0.25) is 0 Å². The first-order chi connectivity index (χ1) is 8.97. The SMILES string of the molecule is CCCn1nnc2c(=O)n(C)c(=O)n(CC(C)=O)c21. The second-order valence-electron chi connectivity index (χ2n) is 4.42. The maximum Gasteiger partial charge on any atom is 0.332 e. The zero-order valence-corrected chi connectivity index (χ0v) is 11.1. The number of aryl methyl sites for hydroxylation is 1. The molecular formula is C11H15N5O3. The fourth-order valence-corrected chi connectivity index (χ4v) is 1.96. The van der Waals surface area contributed by atoms with Crippen molar-refractivity contribution in [2.24, 2.45) is 7.05 Å². The predicted octanol–water partition coefficient (Wildman–Crippen LogP) is -0.709. The third kappa shape index (κ3) is 2.09. The maximum absolute atomic E-state index is 12.1. The van der Waals surface area contributed by atoms with E-state index in [0.29, 0.717) is 12.2 Å². The van der Waals surface area contributed by atoms with Gasteiger partial charge in [-0.3, -0.25) is 18.7 Å². The molecule has 8 heteroatoms. The average Bonchev–Trinajstić information content (AvgIpc) is 2.76. The Morgan fingerprint density at radius 2 is 2.00 bits per heavy atom. The predicted molar refractivity (Wildman–Crippen MR) is 68.0 cm³/mol. The van der Waals surface area contributed by atoms with Gasteiger partial charge in [-0.2, -0.15) is 0 Å². The van der Waals surface area contributed by atoms with Crippen molar-refractivity contribution in [2.75, 3.05) is 0 Å². The van der Waals surface area contributed by atoms with Gasteiger partial charge in [0.25, 0.3) is 5.56 Å². The zero-order chi connectivity index (χ0) is 14.2. The molecule has 0 aliphatic heterocycles. The molecule has 2 aromatic rings. The number of carbonyl (C=O) groups is 1. The number of ketones is 1. The van der Waals surface area contributed by atoms with Gasteiger partial charge in [0.15, 0.2) is 11.2 Å². The number of hydrogen-bond donors (Lipinski definition) is 0. The van der Waals surface area contributed by atoms with Gasteiger partial charge in [0.1, 0.15) is 5.78 Å². The zero-order valence-electron chi connectivity index (χ0n) is 11.1. The Labute approximate surface area is 108 Å². The van der Waals surface area contributed by atoms with E-state index in [1.807, 2.05) is 6.92 Å². The van der Waals surface area contributed by atoms with Crippen molar-refractivity contribution in [3.05, 3.63) is 20.8 Å². The lowest BCUT2D eigenvalue weighted by molar-refractivity contribution is -0.117. The Hall–Kier alpha value is -2.25. The second kappa shape index (κ2) is 4.79. The summed E-state index contributed by atoms with van der Waals surface area (Å²) in [4.78, 5) is 35.4. The lowest BCUT2D eigenvalue weighted by Crippen LogP contribution is -2.39. The van der Waals surface area contributed by atoms with Crippen LogP contribution in [0, 0.1) is 0 Å². The summed E-state index contributed by atoms with van der Waals surface area (Å²) >= 11 is 0.